The second-order valence-electron chi connectivity index (χ2n) is 6.25. The third-order valence-electron chi connectivity index (χ3n) is 4.68. The van der Waals surface area contributed by atoms with Crippen molar-refractivity contribution in [3.63, 3.8) is 0 Å². The smallest absolute Gasteiger partial charge is 0.360 e. The third-order valence-corrected chi connectivity index (χ3v) is 4.68. The number of H-pyrrole nitrogens is 1. The van der Waals surface area contributed by atoms with Gasteiger partial charge in [-0.2, -0.15) is 5.10 Å². The average Bonchev–Trinajstić information content (AvgIpc) is 3.05. The van der Waals surface area contributed by atoms with Gasteiger partial charge in [0.2, 0.25) is 0 Å². The Morgan fingerprint density at radius 2 is 2.17 bits per heavy atom. The topological polar surface area (TPSA) is 75.3 Å². The maximum Gasteiger partial charge on any atom is 0.360 e. The number of carbonyl (C=O) groups excluding carboxylic acids is 2. The van der Waals surface area contributed by atoms with Crippen LogP contribution >= 0.6 is 0 Å². The number of fused-ring (bicyclic) bond motifs is 1. The zero-order valence-electron chi connectivity index (χ0n) is 14.1. The molecule has 1 amide bonds. The van der Waals surface area contributed by atoms with Crippen molar-refractivity contribution in [2.45, 2.75) is 51.7 Å². The largest absolute Gasteiger partial charge is 0.448 e. The third kappa shape index (κ3) is 3.13. The summed E-state index contributed by atoms with van der Waals surface area (Å²) >= 11 is 0. The molecule has 0 bridgehead atoms. The standard InChI is InChI=1S/C18H23N3O3/c1-3-13-8-6-7-11-21(13)17(22)12(2)24-18(23)16-14-9-4-5-10-15(14)19-20-16/h4-5,9-10,12-13H,3,6-8,11H2,1-2H3,(H,19,20)/t12-,13-/m0/s1. The number of esters is 1. The predicted molar refractivity (Wildman–Crippen MR) is 90.6 cm³/mol. The molecule has 24 heavy (non-hydrogen) atoms. The molecule has 6 nitrogen and oxygen atoms in total. The van der Waals surface area contributed by atoms with Gasteiger partial charge in [-0.3, -0.25) is 9.89 Å². The highest BCUT2D eigenvalue weighted by Gasteiger charge is 2.31. The first-order chi connectivity index (χ1) is 11.6. The second-order valence-corrected chi connectivity index (χ2v) is 6.25. The van der Waals surface area contributed by atoms with E-state index in [4.69, 9.17) is 4.74 Å². The van der Waals surface area contributed by atoms with Gasteiger partial charge in [0.25, 0.3) is 5.91 Å². The lowest BCUT2D eigenvalue weighted by Gasteiger charge is -2.36. The normalized spacial score (nSPS) is 19.2. The number of ether oxygens (including phenoxy) is 1. The molecule has 2 heterocycles. The predicted octanol–water partition coefficient (Wildman–Crippen LogP) is 2.90. The van der Waals surface area contributed by atoms with E-state index < -0.39 is 12.1 Å². The minimum Gasteiger partial charge on any atom is -0.448 e. The molecular formula is C18H23N3O3. The van der Waals surface area contributed by atoms with Crippen LogP contribution in [0.3, 0.4) is 0 Å². The van der Waals surface area contributed by atoms with Gasteiger partial charge in [-0.05, 0) is 38.7 Å². The molecule has 2 aromatic rings. The molecular weight excluding hydrogens is 306 g/mol. The molecule has 0 unspecified atom stereocenters. The summed E-state index contributed by atoms with van der Waals surface area (Å²) in [6, 6.07) is 7.59. The fraction of sp³-hybridized carbons (Fsp3) is 0.500. The number of hydrogen-bond acceptors (Lipinski definition) is 4. The number of para-hydroxylation sites is 1. The molecule has 3 rings (SSSR count). The highest BCUT2D eigenvalue weighted by atomic mass is 16.5. The van der Waals surface area contributed by atoms with Crippen molar-refractivity contribution in [2.24, 2.45) is 0 Å². The van der Waals surface area contributed by atoms with E-state index in [2.05, 4.69) is 17.1 Å². The van der Waals surface area contributed by atoms with E-state index in [1.54, 1.807) is 13.0 Å². The van der Waals surface area contributed by atoms with Crippen molar-refractivity contribution in [3.05, 3.63) is 30.0 Å². The summed E-state index contributed by atoms with van der Waals surface area (Å²) in [5.74, 6) is -0.687. The summed E-state index contributed by atoms with van der Waals surface area (Å²) < 4.78 is 5.40. The molecule has 1 fully saturated rings. The fourth-order valence-corrected chi connectivity index (χ4v) is 3.33. The summed E-state index contributed by atoms with van der Waals surface area (Å²) in [6.07, 6.45) is 3.30. The van der Waals surface area contributed by atoms with Crippen LogP contribution in [0.25, 0.3) is 10.9 Å². The van der Waals surface area contributed by atoms with Crippen LogP contribution in [-0.2, 0) is 9.53 Å². The number of benzene rings is 1. The van der Waals surface area contributed by atoms with E-state index in [1.165, 1.54) is 0 Å². The van der Waals surface area contributed by atoms with Gasteiger partial charge in [0.15, 0.2) is 11.8 Å². The van der Waals surface area contributed by atoms with Crippen molar-refractivity contribution in [1.29, 1.82) is 0 Å². The van der Waals surface area contributed by atoms with E-state index in [0.717, 1.165) is 37.7 Å². The van der Waals surface area contributed by atoms with Crippen LogP contribution in [0.2, 0.25) is 0 Å². The van der Waals surface area contributed by atoms with Crippen LogP contribution < -0.4 is 0 Å². The zero-order chi connectivity index (χ0) is 17.1. The van der Waals surface area contributed by atoms with Gasteiger partial charge in [-0.15, -0.1) is 0 Å². The Hall–Kier alpha value is -2.37. The van der Waals surface area contributed by atoms with E-state index >= 15 is 0 Å². The molecule has 1 aromatic carbocycles. The summed E-state index contributed by atoms with van der Waals surface area (Å²) in [4.78, 5) is 26.9. The van der Waals surface area contributed by atoms with Crippen LogP contribution in [0.4, 0.5) is 0 Å². The number of nitrogens with zero attached hydrogens (tertiary/aromatic N) is 2. The lowest BCUT2D eigenvalue weighted by atomic mass is 9.99. The number of aromatic nitrogens is 2. The molecule has 2 atom stereocenters. The lowest BCUT2D eigenvalue weighted by molar-refractivity contribution is -0.143. The molecule has 1 aliphatic rings. The molecule has 6 heteroatoms. The highest BCUT2D eigenvalue weighted by Crippen LogP contribution is 2.22. The first-order valence-electron chi connectivity index (χ1n) is 8.56. The van der Waals surface area contributed by atoms with Crippen LogP contribution in [0, 0.1) is 0 Å². The number of aromatic amines is 1. The van der Waals surface area contributed by atoms with Crippen molar-refractivity contribution in [2.75, 3.05) is 6.54 Å². The Balaban J connectivity index is 1.70. The minimum atomic E-state index is -0.805. The lowest BCUT2D eigenvalue weighted by Crippen LogP contribution is -2.48. The van der Waals surface area contributed by atoms with Crippen molar-refractivity contribution < 1.29 is 14.3 Å². The molecule has 0 aliphatic carbocycles. The molecule has 1 aromatic heterocycles. The van der Waals surface area contributed by atoms with Crippen LogP contribution in [0.15, 0.2) is 24.3 Å². The average molecular weight is 329 g/mol. The van der Waals surface area contributed by atoms with Gasteiger partial charge in [0.1, 0.15) is 0 Å². The molecule has 128 valence electrons. The van der Waals surface area contributed by atoms with Gasteiger partial charge in [0, 0.05) is 18.0 Å². The van der Waals surface area contributed by atoms with Crippen LogP contribution in [-0.4, -0.2) is 45.7 Å². The fourth-order valence-electron chi connectivity index (χ4n) is 3.33. The number of carbonyl (C=O) groups is 2. The molecule has 0 radical (unpaired) electrons. The Labute approximate surface area is 141 Å². The van der Waals surface area contributed by atoms with Gasteiger partial charge in [-0.25, -0.2) is 4.79 Å². The summed E-state index contributed by atoms with van der Waals surface area (Å²) in [5.41, 5.74) is 0.987. The SMILES string of the molecule is CC[C@H]1CCCCN1C(=O)[C@H](C)OC(=O)c1n[nH]c2ccccc12. The summed E-state index contributed by atoms with van der Waals surface area (Å²) in [6.45, 7) is 4.46. The van der Waals surface area contributed by atoms with Gasteiger partial charge in [0.05, 0.1) is 5.52 Å². The number of rotatable bonds is 4. The van der Waals surface area contributed by atoms with Crippen molar-refractivity contribution >= 4 is 22.8 Å². The van der Waals surface area contributed by atoms with Crippen molar-refractivity contribution in [3.8, 4) is 0 Å². The maximum atomic E-state index is 12.7. The molecule has 0 spiro atoms. The zero-order valence-corrected chi connectivity index (χ0v) is 14.1. The number of nitrogens with one attached hydrogen (secondary N) is 1. The number of hydrogen-bond donors (Lipinski definition) is 1. The van der Waals surface area contributed by atoms with Crippen LogP contribution in [0.5, 0.6) is 0 Å². The Bertz CT molecular complexity index is 740. The second kappa shape index (κ2) is 7.03. The quantitative estimate of drug-likeness (QED) is 0.875. The molecule has 1 N–H and O–H groups in total. The summed E-state index contributed by atoms with van der Waals surface area (Å²) in [5, 5.41) is 7.53. The van der Waals surface area contributed by atoms with E-state index in [0.29, 0.717) is 5.39 Å². The maximum absolute atomic E-state index is 12.7. The Morgan fingerprint density at radius 1 is 1.38 bits per heavy atom. The molecule has 0 saturated carbocycles. The Morgan fingerprint density at radius 3 is 2.96 bits per heavy atom. The summed E-state index contributed by atoms with van der Waals surface area (Å²) in [7, 11) is 0. The molecule has 1 saturated heterocycles. The van der Waals surface area contributed by atoms with E-state index in [9.17, 15) is 9.59 Å². The number of likely N-dealkylation sites (tertiary alicyclic amines) is 1. The van der Waals surface area contributed by atoms with Gasteiger partial charge < -0.3 is 9.64 Å². The first kappa shape index (κ1) is 16.5. The van der Waals surface area contributed by atoms with Crippen LogP contribution in [0.1, 0.15) is 50.0 Å². The first-order valence-corrected chi connectivity index (χ1v) is 8.56. The highest BCUT2D eigenvalue weighted by molar-refractivity contribution is 6.02. The van der Waals surface area contributed by atoms with E-state index in [-0.39, 0.29) is 17.6 Å². The minimum absolute atomic E-state index is 0.116. The monoisotopic (exact) mass is 329 g/mol. The van der Waals surface area contributed by atoms with E-state index in [1.807, 2.05) is 23.1 Å². The number of amides is 1. The Kier molecular flexibility index (Phi) is 4.83. The van der Waals surface area contributed by atoms with Gasteiger partial charge in [-0.1, -0.05) is 25.1 Å². The van der Waals surface area contributed by atoms with Crippen molar-refractivity contribution in [1.82, 2.24) is 15.1 Å². The number of piperidine rings is 1. The van der Waals surface area contributed by atoms with Gasteiger partial charge >= 0.3 is 5.97 Å². The molecule has 1 aliphatic heterocycles.